The van der Waals surface area contributed by atoms with E-state index in [1.54, 1.807) is 0 Å². The minimum absolute atomic E-state index is 0.865. The van der Waals surface area contributed by atoms with Gasteiger partial charge in [-0.3, -0.25) is 4.90 Å². The monoisotopic (exact) mass is 280 g/mol. The van der Waals surface area contributed by atoms with Crippen molar-refractivity contribution in [1.82, 2.24) is 10.2 Å². The van der Waals surface area contributed by atoms with Crippen LogP contribution < -0.4 is 5.32 Å². The van der Waals surface area contributed by atoms with Crippen LogP contribution in [0.3, 0.4) is 0 Å². The Balaban J connectivity index is 1.87. The van der Waals surface area contributed by atoms with Crippen LogP contribution in [0.5, 0.6) is 0 Å². The third-order valence-electron chi connectivity index (χ3n) is 5.62. The molecule has 2 rings (SSSR count). The summed E-state index contributed by atoms with van der Waals surface area (Å²) in [6.07, 6.45) is 15.9. The predicted octanol–water partition coefficient (Wildman–Crippen LogP) is 4.20. The fourth-order valence-corrected chi connectivity index (χ4v) is 4.51. The standard InChI is InChI=1S/C18H36N2/c1-3-7-16-8-6-10-17(12-11-16)20-15-5-4-9-18(20)13-14-19-2/h16-19H,3-15H2,1-2H3. The van der Waals surface area contributed by atoms with E-state index in [4.69, 9.17) is 0 Å². The number of rotatable bonds is 6. The van der Waals surface area contributed by atoms with Crippen molar-refractivity contribution in [2.75, 3.05) is 20.1 Å². The Morgan fingerprint density at radius 1 is 0.950 bits per heavy atom. The van der Waals surface area contributed by atoms with Crippen LogP contribution in [0.4, 0.5) is 0 Å². The molecule has 0 aromatic rings. The van der Waals surface area contributed by atoms with Crippen molar-refractivity contribution in [3.63, 3.8) is 0 Å². The highest BCUT2D eigenvalue weighted by atomic mass is 15.2. The second-order valence-electron chi connectivity index (χ2n) is 7.10. The smallest absolute Gasteiger partial charge is 0.0110 e. The van der Waals surface area contributed by atoms with Gasteiger partial charge >= 0.3 is 0 Å². The van der Waals surface area contributed by atoms with E-state index < -0.39 is 0 Å². The van der Waals surface area contributed by atoms with E-state index in [1.807, 2.05) is 0 Å². The fourth-order valence-electron chi connectivity index (χ4n) is 4.51. The minimum Gasteiger partial charge on any atom is -0.320 e. The lowest BCUT2D eigenvalue weighted by Gasteiger charge is -2.41. The summed E-state index contributed by atoms with van der Waals surface area (Å²) >= 11 is 0. The topological polar surface area (TPSA) is 15.3 Å². The predicted molar refractivity (Wildman–Crippen MR) is 88.2 cm³/mol. The molecule has 1 saturated heterocycles. The fraction of sp³-hybridized carbons (Fsp3) is 1.00. The second kappa shape index (κ2) is 9.04. The second-order valence-corrected chi connectivity index (χ2v) is 7.10. The van der Waals surface area contributed by atoms with E-state index >= 15 is 0 Å². The Morgan fingerprint density at radius 2 is 1.85 bits per heavy atom. The van der Waals surface area contributed by atoms with Crippen LogP contribution in [0.15, 0.2) is 0 Å². The third kappa shape index (κ3) is 4.73. The number of likely N-dealkylation sites (tertiary alicyclic amines) is 1. The number of nitrogens with one attached hydrogen (secondary N) is 1. The molecule has 0 spiro atoms. The van der Waals surface area contributed by atoms with Gasteiger partial charge in [0, 0.05) is 12.1 Å². The molecule has 2 nitrogen and oxygen atoms in total. The Hall–Kier alpha value is -0.0800. The van der Waals surface area contributed by atoms with E-state index in [0.717, 1.165) is 18.0 Å². The molecule has 0 aromatic carbocycles. The first kappa shape index (κ1) is 16.3. The Morgan fingerprint density at radius 3 is 2.65 bits per heavy atom. The van der Waals surface area contributed by atoms with Gasteiger partial charge in [-0.05, 0) is 64.6 Å². The van der Waals surface area contributed by atoms with Crippen LogP contribution in [0.2, 0.25) is 0 Å². The van der Waals surface area contributed by atoms with Crippen molar-refractivity contribution in [3.05, 3.63) is 0 Å². The molecule has 20 heavy (non-hydrogen) atoms. The largest absolute Gasteiger partial charge is 0.320 e. The van der Waals surface area contributed by atoms with Gasteiger partial charge in [0.05, 0.1) is 0 Å². The van der Waals surface area contributed by atoms with Crippen molar-refractivity contribution < 1.29 is 0 Å². The molecular weight excluding hydrogens is 244 g/mol. The van der Waals surface area contributed by atoms with Gasteiger partial charge in [-0.25, -0.2) is 0 Å². The minimum atomic E-state index is 0.865. The van der Waals surface area contributed by atoms with Crippen molar-refractivity contribution in [2.24, 2.45) is 5.92 Å². The molecule has 0 amide bonds. The molecule has 2 aliphatic rings. The van der Waals surface area contributed by atoms with Gasteiger partial charge < -0.3 is 5.32 Å². The Bertz CT molecular complexity index is 254. The summed E-state index contributed by atoms with van der Waals surface area (Å²) in [5.74, 6) is 1.03. The van der Waals surface area contributed by atoms with Crippen LogP contribution >= 0.6 is 0 Å². The molecule has 0 bridgehead atoms. The van der Waals surface area contributed by atoms with Gasteiger partial charge in [0.1, 0.15) is 0 Å². The first-order valence-electron chi connectivity index (χ1n) is 9.25. The highest BCUT2D eigenvalue weighted by Gasteiger charge is 2.30. The molecule has 118 valence electrons. The van der Waals surface area contributed by atoms with Crippen LogP contribution in [0.1, 0.15) is 77.6 Å². The van der Waals surface area contributed by atoms with Crippen LogP contribution in [0, 0.1) is 5.92 Å². The summed E-state index contributed by atoms with van der Waals surface area (Å²) < 4.78 is 0. The molecule has 2 fully saturated rings. The average Bonchev–Trinajstić information content (AvgIpc) is 2.71. The molecule has 1 aliphatic carbocycles. The molecule has 3 atom stereocenters. The summed E-state index contributed by atoms with van der Waals surface area (Å²) in [5, 5.41) is 3.35. The lowest BCUT2D eigenvalue weighted by atomic mass is 9.93. The maximum absolute atomic E-state index is 3.35. The highest BCUT2D eigenvalue weighted by molar-refractivity contribution is 4.85. The van der Waals surface area contributed by atoms with E-state index in [-0.39, 0.29) is 0 Å². The van der Waals surface area contributed by atoms with Gasteiger partial charge in [-0.2, -0.15) is 0 Å². The summed E-state index contributed by atoms with van der Waals surface area (Å²) in [6, 6.07) is 1.77. The summed E-state index contributed by atoms with van der Waals surface area (Å²) in [5.41, 5.74) is 0. The zero-order chi connectivity index (χ0) is 14.2. The molecule has 1 aliphatic heterocycles. The first-order valence-corrected chi connectivity index (χ1v) is 9.25. The normalized spacial score (nSPS) is 33.0. The van der Waals surface area contributed by atoms with E-state index in [9.17, 15) is 0 Å². The number of nitrogens with zero attached hydrogens (tertiary/aromatic N) is 1. The number of hydrogen-bond donors (Lipinski definition) is 1. The van der Waals surface area contributed by atoms with Crippen LogP contribution in [-0.4, -0.2) is 37.1 Å². The van der Waals surface area contributed by atoms with Crippen molar-refractivity contribution in [2.45, 2.75) is 89.6 Å². The summed E-state index contributed by atoms with van der Waals surface area (Å²) in [7, 11) is 2.09. The van der Waals surface area contributed by atoms with Crippen LogP contribution in [-0.2, 0) is 0 Å². The van der Waals surface area contributed by atoms with E-state index in [2.05, 4.69) is 24.2 Å². The Kier molecular flexibility index (Phi) is 7.37. The van der Waals surface area contributed by atoms with Gasteiger partial charge in [0.15, 0.2) is 0 Å². The summed E-state index contributed by atoms with van der Waals surface area (Å²) in [6.45, 7) is 4.91. The average molecular weight is 280 g/mol. The number of hydrogen-bond acceptors (Lipinski definition) is 2. The highest BCUT2D eigenvalue weighted by Crippen LogP contribution is 2.32. The van der Waals surface area contributed by atoms with Crippen molar-refractivity contribution >= 4 is 0 Å². The summed E-state index contributed by atoms with van der Waals surface area (Å²) in [4.78, 5) is 2.91. The quantitative estimate of drug-likeness (QED) is 0.734. The first-order chi connectivity index (χ1) is 9.85. The molecule has 1 N–H and O–H groups in total. The van der Waals surface area contributed by atoms with Crippen molar-refractivity contribution in [3.8, 4) is 0 Å². The molecule has 0 radical (unpaired) electrons. The molecular formula is C18H36N2. The van der Waals surface area contributed by atoms with E-state index in [1.165, 1.54) is 83.7 Å². The molecule has 1 heterocycles. The third-order valence-corrected chi connectivity index (χ3v) is 5.62. The van der Waals surface area contributed by atoms with Gasteiger partial charge in [0.2, 0.25) is 0 Å². The SMILES string of the molecule is CCCC1CCCC(N2CCCCC2CCNC)CC1. The molecule has 2 heteroatoms. The maximum Gasteiger partial charge on any atom is 0.0110 e. The zero-order valence-electron chi connectivity index (χ0n) is 13.9. The van der Waals surface area contributed by atoms with Crippen LogP contribution in [0.25, 0.3) is 0 Å². The molecule has 3 unspecified atom stereocenters. The maximum atomic E-state index is 3.35. The van der Waals surface area contributed by atoms with Gasteiger partial charge in [-0.15, -0.1) is 0 Å². The van der Waals surface area contributed by atoms with Gasteiger partial charge in [0.25, 0.3) is 0 Å². The van der Waals surface area contributed by atoms with Gasteiger partial charge in [-0.1, -0.05) is 39.0 Å². The number of piperidine rings is 1. The lowest BCUT2D eigenvalue weighted by molar-refractivity contribution is 0.0795. The van der Waals surface area contributed by atoms with E-state index in [0.29, 0.717) is 0 Å². The zero-order valence-corrected chi connectivity index (χ0v) is 13.9. The molecule has 0 aromatic heterocycles. The lowest BCUT2D eigenvalue weighted by Crippen LogP contribution is -2.47. The van der Waals surface area contributed by atoms with Crippen molar-refractivity contribution in [1.29, 1.82) is 0 Å². The molecule has 1 saturated carbocycles. The Labute approximate surface area is 126 Å².